The van der Waals surface area contributed by atoms with Gasteiger partial charge >= 0.3 is 17.9 Å². The minimum Gasteiger partial charge on any atom is -0.481 e. The molecule has 0 aliphatic carbocycles. The molecule has 0 rings (SSSR count). The lowest BCUT2D eigenvalue weighted by Crippen LogP contribution is -2.48. The SMILES string of the molecule is CCC(C(=O)O)C(O)(CC)C(=O)O.CCC(C)(O)C(=O)O. The Labute approximate surface area is 123 Å². The van der Waals surface area contributed by atoms with Crippen LogP contribution in [0.1, 0.15) is 47.0 Å². The van der Waals surface area contributed by atoms with Crippen molar-refractivity contribution in [3.8, 4) is 0 Å². The van der Waals surface area contributed by atoms with Gasteiger partial charge < -0.3 is 25.5 Å². The van der Waals surface area contributed by atoms with Crippen LogP contribution in [0.15, 0.2) is 0 Å². The van der Waals surface area contributed by atoms with Gasteiger partial charge in [-0.25, -0.2) is 9.59 Å². The van der Waals surface area contributed by atoms with Gasteiger partial charge in [-0.3, -0.25) is 4.79 Å². The van der Waals surface area contributed by atoms with Crippen LogP contribution < -0.4 is 0 Å². The Kier molecular flexibility index (Phi) is 8.84. The van der Waals surface area contributed by atoms with E-state index < -0.39 is 35.0 Å². The molecular weight excluding hydrogens is 284 g/mol. The van der Waals surface area contributed by atoms with Gasteiger partial charge in [0, 0.05) is 0 Å². The van der Waals surface area contributed by atoms with Crippen molar-refractivity contribution >= 4 is 17.9 Å². The minimum atomic E-state index is -2.15. The van der Waals surface area contributed by atoms with Crippen LogP contribution in [0.5, 0.6) is 0 Å². The molecule has 0 bridgehead atoms. The van der Waals surface area contributed by atoms with Gasteiger partial charge in [0.15, 0.2) is 11.2 Å². The number of carboxylic acid groups (broad SMARTS) is 3. The van der Waals surface area contributed by atoms with Crippen LogP contribution in [0.2, 0.25) is 0 Å². The summed E-state index contributed by atoms with van der Waals surface area (Å²) in [6.45, 7) is 5.87. The van der Waals surface area contributed by atoms with E-state index in [1.807, 2.05) is 0 Å². The summed E-state index contributed by atoms with van der Waals surface area (Å²) >= 11 is 0. The highest BCUT2D eigenvalue weighted by Crippen LogP contribution is 2.25. The predicted octanol–water partition coefficient (Wildman–Crippen LogP) is 0.555. The summed E-state index contributed by atoms with van der Waals surface area (Å²) in [5.41, 5.74) is -3.69. The zero-order valence-corrected chi connectivity index (χ0v) is 12.7. The van der Waals surface area contributed by atoms with Crippen LogP contribution >= 0.6 is 0 Å². The molecule has 21 heavy (non-hydrogen) atoms. The molecule has 8 heteroatoms. The van der Waals surface area contributed by atoms with E-state index in [9.17, 15) is 19.5 Å². The molecule has 0 aliphatic heterocycles. The topological polar surface area (TPSA) is 152 Å². The lowest BCUT2D eigenvalue weighted by Gasteiger charge is -2.27. The molecule has 0 amide bonds. The van der Waals surface area contributed by atoms with Gasteiger partial charge in [0.2, 0.25) is 0 Å². The first-order valence-electron chi connectivity index (χ1n) is 6.54. The zero-order valence-electron chi connectivity index (χ0n) is 12.7. The molecule has 0 fully saturated rings. The maximum Gasteiger partial charge on any atom is 0.336 e. The molecule has 0 radical (unpaired) electrons. The number of aliphatic hydroxyl groups is 2. The number of hydrogen-bond donors (Lipinski definition) is 5. The molecule has 3 atom stereocenters. The molecular formula is C13H24O8. The van der Waals surface area contributed by atoms with Crippen molar-refractivity contribution in [3.63, 3.8) is 0 Å². The first-order chi connectivity index (χ1) is 9.40. The van der Waals surface area contributed by atoms with Gasteiger partial charge in [-0.2, -0.15) is 0 Å². The van der Waals surface area contributed by atoms with E-state index in [4.69, 9.17) is 20.4 Å². The van der Waals surface area contributed by atoms with Gasteiger partial charge in [0.25, 0.3) is 0 Å². The number of carboxylic acids is 3. The second-order valence-electron chi connectivity index (χ2n) is 4.81. The molecule has 124 valence electrons. The average Bonchev–Trinajstić information content (AvgIpc) is 2.38. The zero-order chi connectivity index (χ0) is 17.4. The van der Waals surface area contributed by atoms with Gasteiger partial charge in [-0.1, -0.05) is 20.8 Å². The lowest BCUT2D eigenvalue weighted by atomic mass is 9.83. The second kappa shape index (κ2) is 8.58. The van der Waals surface area contributed by atoms with Crippen LogP contribution in [-0.4, -0.2) is 54.6 Å². The third-order valence-corrected chi connectivity index (χ3v) is 3.34. The molecule has 8 nitrogen and oxygen atoms in total. The fourth-order valence-corrected chi connectivity index (χ4v) is 1.41. The van der Waals surface area contributed by atoms with E-state index in [0.29, 0.717) is 0 Å². The van der Waals surface area contributed by atoms with Gasteiger partial charge in [0.1, 0.15) is 0 Å². The molecule has 0 saturated carbocycles. The highest BCUT2D eigenvalue weighted by molar-refractivity contribution is 5.85. The summed E-state index contributed by atoms with van der Waals surface area (Å²) in [5.74, 6) is -5.19. The Morgan fingerprint density at radius 2 is 1.33 bits per heavy atom. The van der Waals surface area contributed by atoms with Crippen molar-refractivity contribution in [3.05, 3.63) is 0 Å². The number of hydrogen-bond acceptors (Lipinski definition) is 5. The first kappa shape index (κ1) is 21.6. The van der Waals surface area contributed by atoms with Crippen LogP contribution in [0, 0.1) is 5.92 Å². The minimum absolute atomic E-state index is 0.0893. The summed E-state index contributed by atoms with van der Waals surface area (Å²) in [7, 11) is 0. The molecule has 0 aliphatic rings. The third-order valence-electron chi connectivity index (χ3n) is 3.34. The van der Waals surface area contributed by atoms with Crippen molar-refractivity contribution < 1.29 is 39.9 Å². The van der Waals surface area contributed by atoms with E-state index in [1.54, 1.807) is 6.92 Å². The Morgan fingerprint density at radius 1 is 0.905 bits per heavy atom. The van der Waals surface area contributed by atoms with Crippen molar-refractivity contribution in [1.29, 1.82) is 0 Å². The quantitative estimate of drug-likeness (QED) is 0.457. The molecule has 3 unspecified atom stereocenters. The molecule has 0 spiro atoms. The van der Waals surface area contributed by atoms with E-state index >= 15 is 0 Å². The monoisotopic (exact) mass is 308 g/mol. The molecule has 0 saturated heterocycles. The maximum absolute atomic E-state index is 10.6. The van der Waals surface area contributed by atoms with Crippen molar-refractivity contribution in [2.75, 3.05) is 0 Å². The average molecular weight is 308 g/mol. The van der Waals surface area contributed by atoms with Crippen molar-refractivity contribution in [2.24, 2.45) is 5.92 Å². The largest absolute Gasteiger partial charge is 0.481 e. The Bertz CT molecular complexity index is 376. The maximum atomic E-state index is 10.6. The van der Waals surface area contributed by atoms with Crippen LogP contribution in [0.4, 0.5) is 0 Å². The Morgan fingerprint density at radius 3 is 1.38 bits per heavy atom. The molecule has 0 aromatic carbocycles. The van der Waals surface area contributed by atoms with Crippen LogP contribution in [0.25, 0.3) is 0 Å². The highest BCUT2D eigenvalue weighted by Gasteiger charge is 2.45. The number of rotatable bonds is 7. The summed E-state index contributed by atoms with van der Waals surface area (Å²) in [6, 6.07) is 0. The molecule has 5 N–H and O–H groups in total. The molecule has 0 aromatic heterocycles. The van der Waals surface area contributed by atoms with Crippen LogP contribution in [-0.2, 0) is 14.4 Å². The standard InChI is InChI=1S/C8H14O5.C5H10O3/c1-3-5(6(9)10)8(13,4-2)7(11)12;1-3-5(2,8)4(6)7/h5,13H,3-4H2,1-2H3,(H,9,10)(H,11,12);8H,3H2,1-2H3,(H,6,7). The highest BCUT2D eigenvalue weighted by atomic mass is 16.4. The Hall–Kier alpha value is -1.67. The van der Waals surface area contributed by atoms with Crippen molar-refractivity contribution in [1.82, 2.24) is 0 Å². The fraction of sp³-hybridized carbons (Fsp3) is 0.769. The predicted molar refractivity (Wildman–Crippen MR) is 72.8 cm³/mol. The van der Waals surface area contributed by atoms with Gasteiger partial charge in [-0.15, -0.1) is 0 Å². The van der Waals surface area contributed by atoms with Gasteiger partial charge in [-0.05, 0) is 26.2 Å². The third kappa shape index (κ3) is 6.09. The second-order valence-corrected chi connectivity index (χ2v) is 4.81. The van der Waals surface area contributed by atoms with E-state index in [0.717, 1.165) is 0 Å². The summed E-state index contributed by atoms with van der Waals surface area (Å²) in [5, 5.41) is 43.9. The molecule has 0 aromatic rings. The van der Waals surface area contributed by atoms with E-state index in [-0.39, 0.29) is 19.3 Å². The van der Waals surface area contributed by atoms with E-state index in [1.165, 1.54) is 20.8 Å². The van der Waals surface area contributed by atoms with Gasteiger partial charge in [0.05, 0.1) is 5.92 Å². The van der Waals surface area contributed by atoms with Crippen LogP contribution in [0.3, 0.4) is 0 Å². The normalized spacial score (nSPS) is 17.4. The summed E-state index contributed by atoms with van der Waals surface area (Å²) in [4.78, 5) is 31.3. The Balaban J connectivity index is 0. The summed E-state index contributed by atoms with van der Waals surface area (Å²) < 4.78 is 0. The lowest BCUT2D eigenvalue weighted by molar-refractivity contribution is -0.175. The number of carbonyl (C=O) groups is 3. The molecule has 0 heterocycles. The number of aliphatic carboxylic acids is 3. The van der Waals surface area contributed by atoms with Crippen molar-refractivity contribution in [2.45, 2.75) is 58.2 Å². The first-order valence-corrected chi connectivity index (χ1v) is 6.54. The fourth-order valence-electron chi connectivity index (χ4n) is 1.41. The van der Waals surface area contributed by atoms with E-state index in [2.05, 4.69) is 0 Å². The summed E-state index contributed by atoms with van der Waals surface area (Å²) in [6.07, 6.45) is 0.210. The smallest absolute Gasteiger partial charge is 0.336 e.